The maximum absolute atomic E-state index is 13.4. The molecule has 2 heterocycles. The summed E-state index contributed by atoms with van der Waals surface area (Å²) in [6.45, 7) is 0.620. The molecular formula is C19H14BrClFN5. The molecular weight excluding hydrogens is 433 g/mol. The molecule has 0 amide bonds. The highest BCUT2D eigenvalue weighted by atomic mass is 79.9. The minimum absolute atomic E-state index is 0.0708. The number of aromatic amines is 1. The van der Waals surface area contributed by atoms with Crippen LogP contribution in [0.25, 0.3) is 10.9 Å². The Kier molecular flexibility index (Phi) is 4.96. The third-order valence-corrected chi connectivity index (χ3v) is 4.93. The Morgan fingerprint density at radius 1 is 1.15 bits per heavy atom. The van der Waals surface area contributed by atoms with Gasteiger partial charge in [-0.05, 0) is 52.3 Å². The third kappa shape index (κ3) is 3.89. The first-order valence-electron chi connectivity index (χ1n) is 8.11. The van der Waals surface area contributed by atoms with Crippen molar-refractivity contribution in [1.82, 2.24) is 15.0 Å². The Labute approximate surface area is 168 Å². The number of anilines is 3. The average Bonchev–Trinajstić information content (AvgIpc) is 3.17. The first-order chi connectivity index (χ1) is 13.1. The number of nitrogens with one attached hydrogen (secondary N) is 3. The summed E-state index contributed by atoms with van der Waals surface area (Å²) >= 11 is 9.47. The number of pyridine rings is 1. The molecule has 4 rings (SSSR count). The number of hydrogen-bond donors (Lipinski definition) is 3. The molecule has 3 N–H and O–H groups in total. The van der Waals surface area contributed by atoms with Crippen molar-refractivity contribution in [2.24, 2.45) is 0 Å². The molecule has 0 radical (unpaired) electrons. The SMILES string of the molecule is Fc1ccc(Nc2ccnc3c(Br)cc(NCc4cnc[nH]4)cc23)cc1Cl. The second kappa shape index (κ2) is 7.54. The van der Waals surface area contributed by atoms with Gasteiger partial charge in [-0.1, -0.05) is 11.6 Å². The number of H-pyrrole nitrogens is 1. The minimum atomic E-state index is -0.449. The van der Waals surface area contributed by atoms with E-state index in [1.807, 2.05) is 18.2 Å². The molecule has 0 atom stereocenters. The number of aromatic nitrogens is 3. The molecule has 0 saturated carbocycles. The van der Waals surface area contributed by atoms with Gasteiger partial charge in [0.1, 0.15) is 5.82 Å². The maximum atomic E-state index is 13.4. The van der Waals surface area contributed by atoms with E-state index in [4.69, 9.17) is 11.6 Å². The zero-order valence-electron chi connectivity index (χ0n) is 13.9. The van der Waals surface area contributed by atoms with E-state index in [0.717, 1.165) is 32.4 Å². The van der Waals surface area contributed by atoms with Crippen molar-refractivity contribution in [1.29, 1.82) is 0 Å². The molecule has 0 bridgehead atoms. The minimum Gasteiger partial charge on any atom is -0.379 e. The van der Waals surface area contributed by atoms with Gasteiger partial charge in [0.05, 0.1) is 29.1 Å². The highest BCUT2D eigenvalue weighted by molar-refractivity contribution is 9.10. The van der Waals surface area contributed by atoms with E-state index in [-0.39, 0.29) is 5.02 Å². The molecule has 2 aromatic heterocycles. The molecule has 0 fully saturated rings. The molecule has 5 nitrogen and oxygen atoms in total. The predicted octanol–water partition coefficient (Wildman–Crippen LogP) is 5.87. The van der Waals surface area contributed by atoms with Crippen LogP contribution in [0.1, 0.15) is 5.69 Å². The van der Waals surface area contributed by atoms with Gasteiger partial charge in [0.15, 0.2) is 0 Å². The molecule has 0 unspecified atom stereocenters. The van der Waals surface area contributed by atoms with Crippen LogP contribution in [0.3, 0.4) is 0 Å². The van der Waals surface area contributed by atoms with Crippen molar-refractivity contribution >= 4 is 55.5 Å². The Bertz CT molecular complexity index is 1100. The van der Waals surface area contributed by atoms with Gasteiger partial charge in [-0.15, -0.1) is 0 Å². The number of halogens is 3. The van der Waals surface area contributed by atoms with Crippen molar-refractivity contribution in [3.63, 3.8) is 0 Å². The molecule has 0 saturated heterocycles. The number of nitrogens with zero attached hydrogens (tertiary/aromatic N) is 2. The van der Waals surface area contributed by atoms with Gasteiger partial charge < -0.3 is 15.6 Å². The average molecular weight is 447 g/mol. The highest BCUT2D eigenvalue weighted by Gasteiger charge is 2.09. The summed E-state index contributed by atoms with van der Waals surface area (Å²) in [5.41, 5.74) is 4.27. The van der Waals surface area contributed by atoms with Crippen LogP contribution in [0.5, 0.6) is 0 Å². The van der Waals surface area contributed by atoms with Crippen LogP contribution in [-0.2, 0) is 6.54 Å². The van der Waals surface area contributed by atoms with Gasteiger partial charge in [0.25, 0.3) is 0 Å². The van der Waals surface area contributed by atoms with E-state index >= 15 is 0 Å². The van der Waals surface area contributed by atoms with Crippen LogP contribution in [0, 0.1) is 5.82 Å². The van der Waals surface area contributed by atoms with Crippen LogP contribution in [-0.4, -0.2) is 15.0 Å². The lowest BCUT2D eigenvalue weighted by Gasteiger charge is -2.13. The monoisotopic (exact) mass is 445 g/mol. The fraction of sp³-hybridized carbons (Fsp3) is 0.0526. The summed E-state index contributed by atoms with van der Waals surface area (Å²) in [7, 11) is 0. The lowest BCUT2D eigenvalue weighted by Crippen LogP contribution is -2.00. The summed E-state index contributed by atoms with van der Waals surface area (Å²) in [4.78, 5) is 11.5. The van der Waals surface area contributed by atoms with Crippen LogP contribution >= 0.6 is 27.5 Å². The van der Waals surface area contributed by atoms with E-state index in [1.54, 1.807) is 30.9 Å². The fourth-order valence-corrected chi connectivity index (χ4v) is 3.47. The van der Waals surface area contributed by atoms with Crippen LogP contribution in [0.15, 0.2) is 59.6 Å². The molecule has 27 heavy (non-hydrogen) atoms. The van der Waals surface area contributed by atoms with Gasteiger partial charge in [-0.3, -0.25) is 4.98 Å². The van der Waals surface area contributed by atoms with Crippen molar-refractivity contribution in [2.75, 3.05) is 10.6 Å². The Hall–Kier alpha value is -2.64. The fourth-order valence-electron chi connectivity index (χ4n) is 2.73. The van der Waals surface area contributed by atoms with Crippen molar-refractivity contribution in [2.45, 2.75) is 6.54 Å². The zero-order chi connectivity index (χ0) is 18.8. The molecule has 2 aromatic carbocycles. The van der Waals surface area contributed by atoms with E-state index in [2.05, 4.69) is 41.5 Å². The number of imidazole rings is 1. The van der Waals surface area contributed by atoms with Crippen molar-refractivity contribution in [3.05, 3.63) is 76.1 Å². The summed E-state index contributed by atoms with van der Waals surface area (Å²) in [5.74, 6) is -0.449. The van der Waals surface area contributed by atoms with Crippen LogP contribution in [0.4, 0.5) is 21.5 Å². The van der Waals surface area contributed by atoms with Gasteiger partial charge >= 0.3 is 0 Å². The topological polar surface area (TPSA) is 65.6 Å². The van der Waals surface area contributed by atoms with Gasteiger partial charge in [-0.25, -0.2) is 9.37 Å². The van der Waals surface area contributed by atoms with Crippen LogP contribution < -0.4 is 10.6 Å². The van der Waals surface area contributed by atoms with E-state index in [0.29, 0.717) is 12.2 Å². The van der Waals surface area contributed by atoms with E-state index in [1.165, 1.54) is 6.07 Å². The second-order valence-corrected chi connectivity index (χ2v) is 7.16. The highest BCUT2D eigenvalue weighted by Crippen LogP contribution is 2.33. The summed E-state index contributed by atoms with van der Waals surface area (Å²) in [6.07, 6.45) is 5.14. The zero-order valence-corrected chi connectivity index (χ0v) is 16.3. The number of hydrogen-bond acceptors (Lipinski definition) is 4. The molecule has 0 spiro atoms. The van der Waals surface area contributed by atoms with Crippen molar-refractivity contribution in [3.8, 4) is 0 Å². The van der Waals surface area contributed by atoms with Crippen LogP contribution in [0.2, 0.25) is 5.02 Å². The van der Waals surface area contributed by atoms with Gasteiger partial charge in [0, 0.05) is 39.3 Å². The quantitative estimate of drug-likeness (QED) is 0.359. The molecule has 4 aromatic rings. The lowest BCUT2D eigenvalue weighted by atomic mass is 10.1. The smallest absolute Gasteiger partial charge is 0.141 e. The number of fused-ring (bicyclic) bond motifs is 1. The number of rotatable bonds is 5. The Morgan fingerprint density at radius 3 is 2.81 bits per heavy atom. The molecule has 8 heteroatoms. The Balaban J connectivity index is 1.68. The molecule has 0 aliphatic carbocycles. The number of benzene rings is 2. The van der Waals surface area contributed by atoms with E-state index in [9.17, 15) is 4.39 Å². The molecule has 0 aliphatic rings. The first kappa shape index (κ1) is 17.8. The molecule has 136 valence electrons. The second-order valence-electron chi connectivity index (χ2n) is 5.90. The summed E-state index contributed by atoms with van der Waals surface area (Å²) in [6, 6.07) is 10.4. The summed E-state index contributed by atoms with van der Waals surface area (Å²) < 4.78 is 14.3. The molecule has 0 aliphatic heterocycles. The summed E-state index contributed by atoms with van der Waals surface area (Å²) in [5, 5.41) is 7.63. The normalized spacial score (nSPS) is 10.9. The maximum Gasteiger partial charge on any atom is 0.141 e. The Morgan fingerprint density at radius 2 is 2.04 bits per heavy atom. The standard InChI is InChI=1S/C19H14BrClFN5/c20-15-6-12(25-9-13-8-23-10-26-13)5-14-18(3-4-24-19(14)15)27-11-1-2-17(22)16(21)7-11/h1-8,10,25H,9H2,(H,23,26)(H,24,27). The van der Waals surface area contributed by atoms with E-state index < -0.39 is 5.82 Å². The third-order valence-electron chi connectivity index (χ3n) is 4.03. The predicted molar refractivity (Wildman–Crippen MR) is 110 cm³/mol. The largest absolute Gasteiger partial charge is 0.379 e. The lowest BCUT2D eigenvalue weighted by molar-refractivity contribution is 0.628. The van der Waals surface area contributed by atoms with Gasteiger partial charge in [0.2, 0.25) is 0 Å². The van der Waals surface area contributed by atoms with Crippen molar-refractivity contribution < 1.29 is 4.39 Å². The first-order valence-corrected chi connectivity index (χ1v) is 9.29. The van der Waals surface area contributed by atoms with Gasteiger partial charge in [-0.2, -0.15) is 0 Å².